The Morgan fingerprint density at radius 2 is 2.10 bits per heavy atom. The maximum Gasteiger partial charge on any atom is 0.152 e. The maximum absolute atomic E-state index is 5.46. The van der Waals surface area contributed by atoms with Gasteiger partial charge in [-0.25, -0.2) is 0 Å². The molecule has 6 nitrogen and oxygen atoms in total. The molecule has 0 radical (unpaired) electrons. The molecule has 6 heteroatoms. The standard InChI is InChI=1S/C14H18N4O2/c1-19-12-4-2-11(3-5-12)15-10-14-17-16-13-6-8-20-9-7-18(13)14/h2-5,15H,6-10H2,1H3. The van der Waals surface area contributed by atoms with Crippen LogP contribution in [0.25, 0.3) is 0 Å². The number of rotatable bonds is 4. The number of hydrogen-bond acceptors (Lipinski definition) is 5. The van der Waals surface area contributed by atoms with E-state index in [0.29, 0.717) is 6.54 Å². The zero-order chi connectivity index (χ0) is 13.8. The lowest BCUT2D eigenvalue weighted by Gasteiger charge is -2.09. The lowest BCUT2D eigenvalue weighted by atomic mass is 10.3. The third-order valence-electron chi connectivity index (χ3n) is 3.37. The topological polar surface area (TPSA) is 61.2 Å². The average molecular weight is 274 g/mol. The molecule has 20 heavy (non-hydrogen) atoms. The molecule has 0 amide bonds. The lowest BCUT2D eigenvalue weighted by molar-refractivity contribution is 0.139. The van der Waals surface area contributed by atoms with Crippen molar-refractivity contribution in [1.29, 1.82) is 0 Å². The van der Waals surface area contributed by atoms with Crippen LogP contribution in [-0.2, 0) is 24.2 Å². The average Bonchev–Trinajstić information content (AvgIpc) is 2.72. The SMILES string of the molecule is COc1ccc(NCc2nnc3n2CCOCC3)cc1. The van der Waals surface area contributed by atoms with E-state index in [-0.39, 0.29) is 0 Å². The summed E-state index contributed by atoms with van der Waals surface area (Å²) in [6, 6.07) is 7.84. The van der Waals surface area contributed by atoms with Gasteiger partial charge in [-0.2, -0.15) is 0 Å². The first-order valence-corrected chi connectivity index (χ1v) is 6.73. The van der Waals surface area contributed by atoms with Crippen LogP contribution in [0, 0.1) is 0 Å². The molecule has 1 aliphatic rings. The molecule has 106 valence electrons. The molecule has 0 atom stereocenters. The van der Waals surface area contributed by atoms with Gasteiger partial charge < -0.3 is 19.4 Å². The van der Waals surface area contributed by atoms with Gasteiger partial charge in [0.15, 0.2) is 5.82 Å². The third-order valence-corrected chi connectivity index (χ3v) is 3.37. The minimum absolute atomic E-state index is 0.652. The second kappa shape index (κ2) is 5.92. The molecule has 2 aromatic rings. The molecule has 1 aliphatic heterocycles. The van der Waals surface area contributed by atoms with Crippen molar-refractivity contribution in [1.82, 2.24) is 14.8 Å². The molecule has 2 heterocycles. The third kappa shape index (κ3) is 2.75. The van der Waals surface area contributed by atoms with Crippen LogP contribution < -0.4 is 10.1 Å². The van der Waals surface area contributed by atoms with Crippen molar-refractivity contribution in [3.05, 3.63) is 35.9 Å². The van der Waals surface area contributed by atoms with Gasteiger partial charge in [0.1, 0.15) is 11.6 Å². The fourth-order valence-corrected chi connectivity index (χ4v) is 2.26. The van der Waals surface area contributed by atoms with Crippen molar-refractivity contribution >= 4 is 5.69 Å². The highest BCUT2D eigenvalue weighted by Crippen LogP contribution is 2.16. The van der Waals surface area contributed by atoms with Crippen LogP contribution in [0.4, 0.5) is 5.69 Å². The van der Waals surface area contributed by atoms with E-state index in [1.807, 2.05) is 24.3 Å². The number of anilines is 1. The van der Waals surface area contributed by atoms with Crippen molar-refractivity contribution in [2.75, 3.05) is 25.6 Å². The van der Waals surface area contributed by atoms with Crippen LogP contribution in [0.2, 0.25) is 0 Å². The Hall–Kier alpha value is -2.08. The summed E-state index contributed by atoms with van der Waals surface area (Å²) in [5.41, 5.74) is 1.04. The molecule has 3 rings (SSSR count). The maximum atomic E-state index is 5.46. The Morgan fingerprint density at radius 3 is 2.90 bits per heavy atom. The lowest BCUT2D eigenvalue weighted by Crippen LogP contribution is -2.12. The van der Waals surface area contributed by atoms with E-state index >= 15 is 0 Å². The summed E-state index contributed by atoms with van der Waals surface area (Å²) in [6.07, 6.45) is 0.829. The number of nitrogens with zero attached hydrogens (tertiary/aromatic N) is 3. The summed E-state index contributed by atoms with van der Waals surface area (Å²) in [7, 11) is 1.66. The van der Waals surface area contributed by atoms with E-state index in [4.69, 9.17) is 9.47 Å². The summed E-state index contributed by atoms with van der Waals surface area (Å²) in [5, 5.41) is 11.8. The number of benzene rings is 1. The highest BCUT2D eigenvalue weighted by Gasteiger charge is 2.14. The molecular formula is C14H18N4O2. The Balaban J connectivity index is 1.67. The van der Waals surface area contributed by atoms with Gasteiger partial charge in [0.2, 0.25) is 0 Å². The Labute approximate surface area is 117 Å². The van der Waals surface area contributed by atoms with Gasteiger partial charge in [0.25, 0.3) is 0 Å². The molecule has 0 saturated heterocycles. The fraction of sp³-hybridized carbons (Fsp3) is 0.429. The molecule has 0 bridgehead atoms. The zero-order valence-electron chi connectivity index (χ0n) is 11.5. The van der Waals surface area contributed by atoms with Crippen LogP contribution in [0.1, 0.15) is 11.6 Å². The van der Waals surface area contributed by atoms with Crippen molar-refractivity contribution in [3.8, 4) is 5.75 Å². The molecule has 0 aliphatic carbocycles. The van der Waals surface area contributed by atoms with E-state index in [1.165, 1.54) is 0 Å². The molecule has 1 aromatic heterocycles. The summed E-state index contributed by atoms with van der Waals surface area (Å²) < 4.78 is 12.7. The van der Waals surface area contributed by atoms with Gasteiger partial charge >= 0.3 is 0 Å². The van der Waals surface area contributed by atoms with Gasteiger partial charge in [-0.1, -0.05) is 0 Å². The largest absolute Gasteiger partial charge is 0.497 e. The molecular weight excluding hydrogens is 256 g/mol. The van der Waals surface area contributed by atoms with Crippen LogP contribution in [-0.4, -0.2) is 35.1 Å². The number of fused-ring (bicyclic) bond motifs is 1. The van der Waals surface area contributed by atoms with Crippen LogP contribution in [0.5, 0.6) is 5.75 Å². The first-order chi connectivity index (χ1) is 9.86. The first-order valence-electron chi connectivity index (χ1n) is 6.73. The molecule has 0 saturated carbocycles. The zero-order valence-corrected chi connectivity index (χ0v) is 11.5. The molecule has 0 spiro atoms. The number of aromatic nitrogens is 3. The minimum atomic E-state index is 0.652. The second-order valence-electron chi connectivity index (χ2n) is 4.63. The van der Waals surface area contributed by atoms with E-state index in [9.17, 15) is 0 Å². The summed E-state index contributed by atoms with van der Waals surface area (Å²) >= 11 is 0. The first kappa shape index (κ1) is 12.9. The minimum Gasteiger partial charge on any atom is -0.497 e. The van der Waals surface area contributed by atoms with Crippen molar-refractivity contribution < 1.29 is 9.47 Å². The highest BCUT2D eigenvalue weighted by molar-refractivity contribution is 5.46. The van der Waals surface area contributed by atoms with Crippen LogP contribution in [0.15, 0.2) is 24.3 Å². The Morgan fingerprint density at radius 1 is 1.25 bits per heavy atom. The second-order valence-corrected chi connectivity index (χ2v) is 4.63. The van der Waals surface area contributed by atoms with Gasteiger partial charge in [-0.3, -0.25) is 0 Å². The Kier molecular flexibility index (Phi) is 3.83. The van der Waals surface area contributed by atoms with Gasteiger partial charge in [0, 0.05) is 18.7 Å². The normalized spacial score (nSPS) is 14.4. The van der Waals surface area contributed by atoms with Gasteiger partial charge in [-0.05, 0) is 24.3 Å². The summed E-state index contributed by atoms with van der Waals surface area (Å²) in [5.74, 6) is 2.80. The van der Waals surface area contributed by atoms with E-state index in [0.717, 1.165) is 49.3 Å². The van der Waals surface area contributed by atoms with Crippen molar-refractivity contribution in [2.24, 2.45) is 0 Å². The van der Waals surface area contributed by atoms with Crippen LogP contribution >= 0.6 is 0 Å². The summed E-state index contributed by atoms with van der Waals surface area (Å²) in [4.78, 5) is 0. The highest BCUT2D eigenvalue weighted by atomic mass is 16.5. The van der Waals surface area contributed by atoms with Gasteiger partial charge in [-0.15, -0.1) is 10.2 Å². The van der Waals surface area contributed by atoms with E-state index in [1.54, 1.807) is 7.11 Å². The van der Waals surface area contributed by atoms with E-state index in [2.05, 4.69) is 20.1 Å². The van der Waals surface area contributed by atoms with Crippen molar-refractivity contribution in [2.45, 2.75) is 19.5 Å². The predicted molar refractivity (Wildman–Crippen MR) is 74.9 cm³/mol. The molecule has 1 N–H and O–H groups in total. The molecule has 1 aromatic carbocycles. The number of methoxy groups -OCH3 is 1. The number of nitrogens with one attached hydrogen (secondary N) is 1. The van der Waals surface area contributed by atoms with Crippen molar-refractivity contribution in [3.63, 3.8) is 0 Å². The number of hydrogen-bond donors (Lipinski definition) is 1. The molecule has 0 unspecified atom stereocenters. The quantitative estimate of drug-likeness (QED) is 0.915. The van der Waals surface area contributed by atoms with E-state index < -0.39 is 0 Å². The fourth-order valence-electron chi connectivity index (χ4n) is 2.26. The monoisotopic (exact) mass is 274 g/mol. The molecule has 0 fully saturated rings. The smallest absolute Gasteiger partial charge is 0.152 e. The van der Waals surface area contributed by atoms with Gasteiger partial charge in [0.05, 0.1) is 26.9 Å². The summed E-state index contributed by atoms with van der Waals surface area (Å²) in [6.45, 7) is 2.92. The van der Waals surface area contributed by atoms with Crippen LogP contribution in [0.3, 0.4) is 0 Å². The predicted octanol–water partition coefficient (Wildman–Crippen LogP) is 1.47. The Bertz CT molecular complexity index is 565. The number of ether oxygens (including phenoxy) is 2.